The van der Waals surface area contributed by atoms with Crippen LogP contribution in [0.15, 0.2) is 48.0 Å². The minimum atomic E-state index is -0.364. The van der Waals surface area contributed by atoms with E-state index in [2.05, 4.69) is 0 Å². The van der Waals surface area contributed by atoms with Crippen LogP contribution in [-0.4, -0.2) is 22.7 Å². The van der Waals surface area contributed by atoms with Gasteiger partial charge < -0.3 is 15.1 Å². The first kappa shape index (κ1) is 15.6. The Hall–Kier alpha value is -3.26. The first-order valence-electron chi connectivity index (χ1n) is 7.63. The number of nitrogens with zero attached hydrogens (tertiary/aromatic N) is 2. The molecule has 0 atom stereocenters. The zero-order valence-corrected chi connectivity index (χ0v) is 12.9. The van der Waals surface area contributed by atoms with Gasteiger partial charge in [0.05, 0.1) is 0 Å². The van der Waals surface area contributed by atoms with E-state index in [1.54, 1.807) is 4.90 Å². The second-order valence-electron chi connectivity index (χ2n) is 5.61. The third-order valence-corrected chi connectivity index (χ3v) is 4.02. The van der Waals surface area contributed by atoms with Gasteiger partial charge in [-0.2, -0.15) is 5.26 Å². The molecule has 0 aromatic heterocycles. The number of hydrogen-bond acceptors (Lipinski definition) is 4. The summed E-state index contributed by atoms with van der Waals surface area (Å²) in [6.07, 6.45) is 3.18. The number of phenols is 2. The Kier molecular flexibility index (Phi) is 4.21. The molecule has 2 aromatic rings. The number of amides is 1. The highest BCUT2D eigenvalue weighted by atomic mass is 16.3. The number of para-hydroxylation sites is 1. The standard InChI is InChI=1S/C19H16N2O3/c20-12-15(10-13-7-8-17(22)18(23)11-13)19(24)21-9-3-5-14-4-1-2-6-16(14)21/h1-2,4,6-8,10-11,22-23H,3,5,9H2/b15-10+. The highest BCUT2D eigenvalue weighted by molar-refractivity contribution is 6.11. The molecule has 0 fully saturated rings. The number of anilines is 1. The van der Waals surface area contributed by atoms with Gasteiger partial charge >= 0.3 is 0 Å². The Balaban J connectivity index is 1.94. The molecule has 3 rings (SSSR count). The maximum Gasteiger partial charge on any atom is 0.268 e. The van der Waals surface area contributed by atoms with Gasteiger partial charge in [-0.1, -0.05) is 24.3 Å². The molecule has 0 spiro atoms. The summed E-state index contributed by atoms with van der Waals surface area (Å²) >= 11 is 0. The van der Waals surface area contributed by atoms with Crippen molar-refractivity contribution >= 4 is 17.7 Å². The van der Waals surface area contributed by atoms with Crippen LogP contribution in [0, 0.1) is 11.3 Å². The molecule has 24 heavy (non-hydrogen) atoms. The Bertz CT molecular complexity index is 865. The fraction of sp³-hybridized carbons (Fsp3) is 0.158. The fourth-order valence-corrected chi connectivity index (χ4v) is 2.83. The van der Waals surface area contributed by atoms with E-state index < -0.39 is 0 Å². The Morgan fingerprint density at radius 1 is 1.17 bits per heavy atom. The molecule has 1 heterocycles. The van der Waals surface area contributed by atoms with Crippen LogP contribution in [-0.2, 0) is 11.2 Å². The van der Waals surface area contributed by atoms with Gasteiger partial charge in [0, 0.05) is 12.2 Å². The van der Waals surface area contributed by atoms with Crippen LogP contribution >= 0.6 is 0 Å². The molecule has 0 radical (unpaired) electrons. The number of rotatable bonds is 2. The van der Waals surface area contributed by atoms with Crippen LogP contribution in [0.1, 0.15) is 17.5 Å². The van der Waals surface area contributed by atoms with E-state index in [4.69, 9.17) is 0 Å². The van der Waals surface area contributed by atoms with Crippen molar-refractivity contribution in [3.8, 4) is 17.6 Å². The van der Waals surface area contributed by atoms with Gasteiger partial charge in [-0.25, -0.2) is 0 Å². The molecule has 5 nitrogen and oxygen atoms in total. The highest BCUT2D eigenvalue weighted by Gasteiger charge is 2.24. The van der Waals surface area contributed by atoms with E-state index in [1.165, 1.54) is 24.3 Å². The zero-order valence-electron chi connectivity index (χ0n) is 12.9. The van der Waals surface area contributed by atoms with Crippen LogP contribution in [0.5, 0.6) is 11.5 Å². The molecule has 5 heteroatoms. The summed E-state index contributed by atoms with van der Waals surface area (Å²) in [7, 11) is 0. The molecule has 2 aromatic carbocycles. The van der Waals surface area contributed by atoms with Gasteiger partial charge in [0.25, 0.3) is 5.91 Å². The summed E-state index contributed by atoms with van der Waals surface area (Å²) in [6, 6.07) is 13.8. The summed E-state index contributed by atoms with van der Waals surface area (Å²) in [5.41, 5.74) is 2.39. The van der Waals surface area contributed by atoms with E-state index in [0.717, 1.165) is 24.1 Å². The van der Waals surface area contributed by atoms with Crippen molar-refractivity contribution in [2.45, 2.75) is 12.8 Å². The lowest BCUT2D eigenvalue weighted by molar-refractivity contribution is -0.114. The van der Waals surface area contributed by atoms with Gasteiger partial charge in [-0.3, -0.25) is 4.79 Å². The second-order valence-corrected chi connectivity index (χ2v) is 5.61. The normalized spacial score (nSPS) is 14.0. The third-order valence-electron chi connectivity index (χ3n) is 4.02. The smallest absolute Gasteiger partial charge is 0.268 e. The summed E-state index contributed by atoms with van der Waals surface area (Å²) in [4.78, 5) is 14.4. The topological polar surface area (TPSA) is 84.6 Å². The summed E-state index contributed by atoms with van der Waals surface area (Å²) in [5, 5.41) is 28.3. The molecule has 120 valence electrons. The lowest BCUT2D eigenvalue weighted by Gasteiger charge is -2.29. The SMILES string of the molecule is N#C/C(=C\c1ccc(O)c(O)c1)C(=O)N1CCCc2ccccc21. The molecular weight excluding hydrogens is 304 g/mol. The molecule has 0 aliphatic carbocycles. The summed E-state index contributed by atoms with van der Waals surface area (Å²) in [5.74, 6) is -0.907. The summed E-state index contributed by atoms with van der Waals surface area (Å²) in [6.45, 7) is 0.565. The quantitative estimate of drug-likeness (QED) is 0.506. The molecule has 0 saturated carbocycles. The van der Waals surface area contributed by atoms with Gasteiger partial charge in [-0.05, 0) is 48.2 Å². The lowest BCUT2D eigenvalue weighted by atomic mass is 10.0. The number of phenolic OH excluding ortho intramolecular Hbond substituents is 2. The maximum absolute atomic E-state index is 12.8. The van der Waals surface area contributed by atoms with E-state index in [9.17, 15) is 20.3 Å². The van der Waals surface area contributed by atoms with Crippen molar-refractivity contribution in [2.24, 2.45) is 0 Å². The van der Waals surface area contributed by atoms with Gasteiger partial charge in [0.2, 0.25) is 0 Å². The molecule has 1 aliphatic rings. The number of aryl methyl sites for hydroxylation is 1. The number of benzene rings is 2. The number of hydrogen-bond donors (Lipinski definition) is 2. The Morgan fingerprint density at radius 2 is 1.96 bits per heavy atom. The van der Waals surface area contributed by atoms with Crippen LogP contribution in [0.2, 0.25) is 0 Å². The Labute approximate surface area is 139 Å². The highest BCUT2D eigenvalue weighted by Crippen LogP contribution is 2.29. The van der Waals surface area contributed by atoms with E-state index in [-0.39, 0.29) is 23.0 Å². The third kappa shape index (κ3) is 2.95. The summed E-state index contributed by atoms with van der Waals surface area (Å²) < 4.78 is 0. The first-order valence-corrected chi connectivity index (χ1v) is 7.63. The largest absolute Gasteiger partial charge is 0.504 e. The zero-order chi connectivity index (χ0) is 17.1. The number of carbonyl (C=O) groups excluding carboxylic acids is 1. The van der Waals surface area contributed by atoms with Crippen molar-refractivity contribution in [3.63, 3.8) is 0 Å². The monoisotopic (exact) mass is 320 g/mol. The van der Waals surface area contributed by atoms with E-state index >= 15 is 0 Å². The lowest BCUT2D eigenvalue weighted by Crippen LogP contribution is -2.36. The van der Waals surface area contributed by atoms with Crippen molar-refractivity contribution in [3.05, 3.63) is 59.2 Å². The molecule has 0 bridgehead atoms. The van der Waals surface area contributed by atoms with Crippen molar-refractivity contribution in [1.82, 2.24) is 0 Å². The molecule has 0 saturated heterocycles. The van der Waals surface area contributed by atoms with E-state index in [1.807, 2.05) is 30.3 Å². The molecular formula is C19H16N2O3. The van der Waals surface area contributed by atoms with Crippen molar-refractivity contribution in [2.75, 3.05) is 11.4 Å². The molecule has 1 aliphatic heterocycles. The number of aromatic hydroxyl groups is 2. The molecule has 0 unspecified atom stereocenters. The predicted octanol–water partition coefficient (Wildman–Crippen LogP) is 2.98. The van der Waals surface area contributed by atoms with Gasteiger partial charge in [0.1, 0.15) is 11.6 Å². The fourth-order valence-electron chi connectivity index (χ4n) is 2.83. The molecule has 1 amide bonds. The molecule has 2 N–H and O–H groups in total. The minimum absolute atomic E-state index is 0.0169. The van der Waals surface area contributed by atoms with Crippen LogP contribution in [0.4, 0.5) is 5.69 Å². The predicted molar refractivity (Wildman–Crippen MR) is 90.5 cm³/mol. The number of fused-ring (bicyclic) bond motifs is 1. The Morgan fingerprint density at radius 3 is 2.71 bits per heavy atom. The van der Waals surface area contributed by atoms with E-state index in [0.29, 0.717) is 12.1 Å². The number of carbonyl (C=O) groups is 1. The van der Waals surface area contributed by atoms with Crippen molar-refractivity contribution < 1.29 is 15.0 Å². The van der Waals surface area contributed by atoms with Gasteiger partial charge in [0.15, 0.2) is 11.5 Å². The first-order chi connectivity index (χ1) is 11.6. The average molecular weight is 320 g/mol. The second kappa shape index (κ2) is 6.47. The minimum Gasteiger partial charge on any atom is -0.504 e. The van der Waals surface area contributed by atoms with Crippen LogP contribution in [0.3, 0.4) is 0 Å². The van der Waals surface area contributed by atoms with Crippen LogP contribution < -0.4 is 4.90 Å². The van der Waals surface area contributed by atoms with Crippen molar-refractivity contribution in [1.29, 1.82) is 5.26 Å². The number of nitriles is 1. The average Bonchev–Trinajstić information content (AvgIpc) is 2.61. The van der Waals surface area contributed by atoms with Gasteiger partial charge in [-0.15, -0.1) is 0 Å². The van der Waals surface area contributed by atoms with Crippen LogP contribution in [0.25, 0.3) is 6.08 Å². The maximum atomic E-state index is 12.8.